The Labute approximate surface area is 386 Å². The first-order valence-electron chi connectivity index (χ1n) is 22.4. The van der Waals surface area contributed by atoms with Gasteiger partial charge in [0, 0.05) is 101 Å². The highest BCUT2D eigenvalue weighted by molar-refractivity contribution is 7.89. The molecule has 0 radical (unpaired) electrons. The highest BCUT2D eigenvalue weighted by atomic mass is 32.2. The van der Waals surface area contributed by atoms with E-state index < -0.39 is 39.7 Å². The lowest BCUT2D eigenvalue weighted by Crippen LogP contribution is -2.53. The van der Waals surface area contributed by atoms with E-state index in [0.717, 1.165) is 28.1 Å². The van der Waals surface area contributed by atoms with Gasteiger partial charge in [-0.3, -0.25) is 28.9 Å². The fraction of sp³-hybridized carbons (Fsp3) is 0.522. The highest BCUT2D eigenvalue weighted by Crippen LogP contribution is 2.35. The number of rotatable bonds is 24. The smallest absolute Gasteiger partial charge is 0.407 e. The van der Waals surface area contributed by atoms with Crippen LogP contribution in [0.1, 0.15) is 65.4 Å². The maximum absolute atomic E-state index is 13.8. The molecule has 3 aliphatic heterocycles. The average Bonchev–Trinajstić information content (AvgIpc) is 3.50. The van der Waals surface area contributed by atoms with Crippen LogP contribution in [0.15, 0.2) is 65.1 Å². The summed E-state index contributed by atoms with van der Waals surface area (Å²) in [5.74, 6) is -1.62. The Balaban J connectivity index is 1.06. The molecule has 5 rings (SSSR count). The highest BCUT2D eigenvalue weighted by Gasteiger charge is 2.37. The van der Waals surface area contributed by atoms with E-state index in [4.69, 9.17) is 19.9 Å². The van der Waals surface area contributed by atoms with Gasteiger partial charge in [0.25, 0.3) is 11.8 Å². The van der Waals surface area contributed by atoms with E-state index in [1.54, 1.807) is 39.0 Å². The third-order valence-electron chi connectivity index (χ3n) is 10.8. The number of sulfonamides is 1. The predicted octanol–water partition coefficient (Wildman–Crippen LogP) is 2.26. The van der Waals surface area contributed by atoms with E-state index in [9.17, 15) is 37.2 Å². The SMILES string of the molecule is CCCNC(=O)C1=Cc2ccc(-c3cccc(S(=O)(=O)N4CC(CNC(=O)CCOCCOCCNC(=O)CCN5C(=O)C=CC5=O)C4)c3)cc2N(CCCNC(=O)OC(C)(C)C)C(N)C1. The van der Waals surface area contributed by atoms with E-state index in [1.165, 1.54) is 16.5 Å². The van der Waals surface area contributed by atoms with E-state index >= 15 is 0 Å². The molecular formula is C46H64N8O11S. The van der Waals surface area contributed by atoms with Crippen LogP contribution in [0.3, 0.4) is 0 Å². The number of carbonyl (C=O) groups is 6. The summed E-state index contributed by atoms with van der Waals surface area (Å²) in [6.45, 7) is 10.7. The summed E-state index contributed by atoms with van der Waals surface area (Å²) in [7, 11) is -3.84. The van der Waals surface area contributed by atoms with Gasteiger partial charge in [0.2, 0.25) is 27.7 Å². The maximum atomic E-state index is 13.8. The van der Waals surface area contributed by atoms with Crippen molar-refractivity contribution in [3.63, 3.8) is 0 Å². The van der Waals surface area contributed by atoms with Crippen molar-refractivity contribution in [1.82, 2.24) is 30.5 Å². The molecule has 360 valence electrons. The van der Waals surface area contributed by atoms with Gasteiger partial charge < -0.3 is 46.1 Å². The topological polar surface area (TPSA) is 248 Å². The number of benzene rings is 2. The van der Waals surface area contributed by atoms with Crippen LogP contribution in [0.25, 0.3) is 17.2 Å². The molecule has 0 saturated carbocycles. The van der Waals surface area contributed by atoms with Gasteiger partial charge in [-0.05, 0) is 74.6 Å². The van der Waals surface area contributed by atoms with Crippen molar-refractivity contribution in [3.8, 4) is 11.1 Å². The molecule has 1 atom stereocenters. The zero-order chi connectivity index (χ0) is 47.9. The summed E-state index contributed by atoms with van der Waals surface area (Å²) in [5.41, 5.74) is 9.70. The number of hydrogen-bond acceptors (Lipinski definition) is 13. The Morgan fingerprint density at radius 3 is 2.21 bits per heavy atom. The lowest BCUT2D eigenvalue weighted by atomic mass is 10.0. The number of anilines is 1. The minimum Gasteiger partial charge on any atom is -0.444 e. The van der Waals surface area contributed by atoms with Crippen molar-refractivity contribution in [1.29, 1.82) is 0 Å². The number of ether oxygens (including phenoxy) is 3. The Morgan fingerprint density at radius 1 is 0.803 bits per heavy atom. The van der Waals surface area contributed by atoms with Crippen molar-refractivity contribution >= 4 is 57.4 Å². The summed E-state index contributed by atoms with van der Waals surface area (Å²) in [5, 5.41) is 11.2. The van der Waals surface area contributed by atoms with Crippen molar-refractivity contribution in [2.45, 2.75) is 76.5 Å². The first-order valence-corrected chi connectivity index (χ1v) is 23.8. The predicted molar refractivity (Wildman–Crippen MR) is 247 cm³/mol. The standard InChI is InChI=1S/C46H64N8O11S/c1-5-16-49-44(59)36-25-35-11-10-34(27-38(35)53(39(47)28-36)19-7-17-50-45(60)65-46(2,3)4)33-8-6-9-37(26-33)66(61,62)52-30-32(31-52)29-51-41(56)15-21-63-23-24-64-22-18-48-40(55)14-20-54-42(57)12-13-43(54)58/h6,8-13,25-27,32,39H,5,7,14-24,28-31,47H2,1-4H3,(H,48,55)(H,49,59)(H,50,60)(H,51,56). The van der Waals surface area contributed by atoms with E-state index in [1.807, 2.05) is 42.2 Å². The molecule has 20 heteroatoms. The number of imide groups is 1. The molecule has 3 heterocycles. The van der Waals surface area contributed by atoms with Gasteiger partial charge in [-0.2, -0.15) is 4.31 Å². The number of alkyl carbamates (subject to hydrolysis) is 1. The lowest BCUT2D eigenvalue weighted by Gasteiger charge is -2.38. The average molecular weight is 937 g/mol. The monoisotopic (exact) mass is 936 g/mol. The zero-order valence-electron chi connectivity index (χ0n) is 38.3. The van der Waals surface area contributed by atoms with Gasteiger partial charge in [-0.1, -0.05) is 31.2 Å². The molecule has 19 nitrogen and oxygen atoms in total. The number of nitrogens with zero attached hydrogens (tertiary/aromatic N) is 3. The lowest BCUT2D eigenvalue weighted by molar-refractivity contribution is -0.137. The molecule has 2 aromatic rings. The second kappa shape index (κ2) is 24.2. The first-order chi connectivity index (χ1) is 31.4. The van der Waals surface area contributed by atoms with Gasteiger partial charge >= 0.3 is 6.09 Å². The molecular weight excluding hydrogens is 873 g/mol. The molecule has 6 N–H and O–H groups in total. The summed E-state index contributed by atoms with van der Waals surface area (Å²) in [6, 6.07) is 12.5. The molecule has 66 heavy (non-hydrogen) atoms. The number of carbonyl (C=O) groups excluding carboxylic acids is 6. The second-order valence-corrected chi connectivity index (χ2v) is 19.1. The maximum Gasteiger partial charge on any atom is 0.407 e. The molecule has 6 amide bonds. The summed E-state index contributed by atoms with van der Waals surface area (Å²) in [6.07, 6.45) is 4.86. The van der Waals surface area contributed by atoms with E-state index in [2.05, 4.69) is 21.3 Å². The molecule has 0 bridgehead atoms. The van der Waals surface area contributed by atoms with Gasteiger partial charge in [0.05, 0.1) is 37.5 Å². The normalized spacial score (nSPS) is 16.6. The minimum atomic E-state index is -3.84. The van der Waals surface area contributed by atoms with Crippen LogP contribution < -0.4 is 31.9 Å². The van der Waals surface area contributed by atoms with Crippen LogP contribution in [0.4, 0.5) is 10.5 Å². The summed E-state index contributed by atoms with van der Waals surface area (Å²) >= 11 is 0. The molecule has 1 saturated heterocycles. The fourth-order valence-electron chi connectivity index (χ4n) is 7.29. The number of hydrogen-bond donors (Lipinski definition) is 5. The summed E-state index contributed by atoms with van der Waals surface area (Å²) in [4.78, 5) is 76.1. The quantitative estimate of drug-likeness (QED) is 0.0750. The molecule has 0 aliphatic carbocycles. The Kier molecular flexibility index (Phi) is 18.8. The molecule has 1 unspecified atom stereocenters. The number of fused-ring (bicyclic) bond motifs is 1. The van der Waals surface area contributed by atoms with Gasteiger partial charge in [0.1, 0.15) is 5.60 Å². The minimum absolute atomic E-state index is 0.00266. The van der Waals surface area contributed by atoms with Crippen LogP contribution in [0.5, 0.6) is 0 Å². The number of amides is 6. The molecule has 0 spiro atoms. The Morgan fingerprint density at radius 2 is 1.50 bits per heavy atom. The van der Waals surface area contributed by atoms with Gasteiger partial charge in [-0.15, -0.1) is 0 Å². The van der Waals surface area contributed by atoms with Crippen molar-refractivity contribution in [2.24, 2.45) is 11.7 Å². The van der Waals surface area contributed by atoms with Crippen LogP contribution in [0, 0.1) is 5.92 Å². The van der Waals surface area contributed by atoms with Crippen molar-refractivity contribution in [2.75, 3.05) is 83.7 Å². The van der Waals surface area contributed by atoms with Crippen LogP contribution in [-0.4, -0.2) is 144 Å². The number of nitrogens with two attached hydrogens (primary N) is 1. The molecule has 0 aromatic heterocycles. The van der Waals surface area contributed by atoms with Crippen LogP contribution >= 0.6 is 0 Å². The Bertz CT molecular complexity index is 2220. The summed E-state index contributed by atoms with van der Waals surface area (Å²) < 4.78 is 45.2. The second-order valence-electron chi connectivity index (χ2n) is 17.2. The van der Waals surface area contributed by atoms with Crippen LogP contribution in [-0.2, 0) is 48.2 Å². The Hall–Kier alpha value is -5.67. The van der Waals surface area contributed by atoms with E-state index in [0.29, 0.717) is 50.2 Å². The third-order valence-corrected chi connectivity index (χ3v) is 12.6. The number of nitrogens with one attached hydrogen (secondary N) is 4. The fourth-order valence-corrected chi connectivity index (χ4v) is 8.93. The van der Waals surface area contributed by atoms with Crippen molar-refractivity contribution < 1.29 is 51.4 Å². The molecule has 3 aliphatic rings. The van der Waals surface area contributed by atoms with Crippen LogP contribution in [0.2, 0.25) is 0 Å². The zero-order valence-corrected chi connectivity index (χ0v) is 39.1. The molecule has 2 aromatic carbocycles. The first kappa shape index (κ1) is 51.3. The molecule has 1 fully saturated rings. The van der Waals surface area contributed by atoms with E-state index in [-0.39, 0.29) is 94.0 Å². The van der Waals surface area contributed by atoms with Gasteiger partial charge in [0.15, 0.2) is 0 Å². The van der Waals surface area contributed by atoms with Crippen molar-refractivity contribution in [3.05, 3.63) is 65.8 Å². The third kappa shape index (κ3) is 15.2. The van der Waals surface area contributed by atoms with Gasteiger partial charge in [-0.25, -0.2) is 13.2 Å². The largest absolute Gasteiger partial charge is 0.444 e.